The van der Waals surface area contributed by atoms with Gasteiger partial charge in [-0.3, -0.25) is 9.59 Å². The maximum absolute atomic E-state index is 12.9. The van der Waals surface area contributed by atoms with E-state index in [4.69, 9.17) is 9.47 Å². The maximum Gasteiger partial charge on any atom is 0.251 e. The number of hydrogen-bond donors (Lipinski definition) is 2. The minimum Gasteiger partial charge on any atom is -0.486 e. The van der Waals surface area contributed by atoms with Crippen LogP contribution in [0.2, 0.25) is 0 Å². The van der Waals surface area contributed by atoms with Crippen molar-refractivity contribution in [3.63, 3.8) is 0 Å². The number of ether oxygens (including phenoxy) is 2. The number of nitrogens with zero attached hydrogens (tertiary/aromatic N) is 1. The Morgan fingerprint density at radius 1 is 1.12 bits per heavy atom. The van der Waals surface area contributed by atoms with Crippen LogP contribution < -0.4 is 20.1 Å². The van der Waals surface area contributed by atoms with Crippen molar-refractivity contribution < 1.29 is 27.5 Å². The number of anilines is 1. The summed E-state index contributed by atoms with van der Waals surface area (Å²) in [6, 6.07) is 10.9. The number of carbonyl (C=O) groups is 2. The van der Waals surface area contributed by atoms with Crippen LogP contribution in [0.5, 0.6) is 11.5 Å². The first-order valence-corrected chi connectivity index (χ1v) is 12.7. The zero-order valence-corrected chi connectivity index (χ0v) is 18.8. The van der Waals surface area contributed by atoms with Gasteiger partial charge in [0.25, 0.3) is 5.91 Å². The minimum absolute atomic E-state index is 0.0654. The molecule has 4 rings (SSSR count). The molecule has 168 valence electrons. The third kappa shape index (κ3) is 5.35. The predicted octanol–water partition coefficient (Wildman–Crippen LogP) is 2.24. The number of fused-ring (bicyclic) bond motifs is 2. The van der Waals surface area contributed by atoms with E-state index in [1.54, 1.807) is 42.5 Å². The van der Waals surface area contributed by atoms with Gasteiger partial charge in [0.2, 0.25) is 5.91 Å². The molecule has 0 bridgehead atoms. The number of benzene rings is 2. The van der Waals surface area contributed by atoms with Gasteiger partial charge in [-0.1, -0.05) is 29.5 Å². The van der Waals surface area contributed by atoms with Crippen molar-refractivity contribution in [2.45, 2.75) is 12.5 Å². The number of thiazole rings is 1. The fourth-order valence-electron chi connectivity index (χ4n) is 3.14. The first kappa shape index (κ1) is 22.0. The number of rotatable bonds is 7. The van der Waals surface area contributed by atoms with Crippen LogP contribution in [-0.2, 0) is 14.6 Å². The quantitative estimate of drug-likeness (QED) is 0.537. The molecule has 1 atom stereocenters. The molecular weight excluding hydrogens is 454 g/mol. The van der Waals surface area contributed by atoms with Crippen LogP contribution in [0.25, 0.3) is 10.2 Å². The highest BCUT2D eigenvalue weighted by Crippen LogP contribution is 2.37. The smallest absolute Gasteiger partial charge is 0.251 e. The molecule has 1 aliphatic heterocycles. The molecule has 1 unspecified atom stereocenters. The molecule has 0 spiro atoms. The lowest BCUT2D eigenvalue weighted by Gasteiger charge is -2.17. The molecule has 9 nitrogen and oxygen atoms in total. The molecule has 1 aromatic heterocycles. The Labute approximate surface area is 188 Å². The standard InChI is InChI=1S/C21H21N3O6S2/c1-32(27,28)10-7-14(22-19(25)13-5-3-2-4-6-13)20(26)24-21-23-15-11-16-17(12-18(15)31-21)30-9-8-29-16/h2-6,11-12,14H,7-10H2,1H3,(H,22,25)(H,23,24,26). The zero-order valence-electron chi connectivity index (χ0n) is 17.2. The van der Waals surface area contributed by atoms with E-state index in [1.807, 2.05) is 0 Å². The van der Waals surface area contributed by atoms with Crippen LogP contribution in [0.15, 0.2) is 42.5 Å². The second-order valence-corrected chi connectivity index (χ2v) is 10.6. The van der Waals surface area contributed by atoms with Crippen molar-refractivity contribution >= 4 is 48.3 Å². The van der Waals surface area contributed by atoms with Crippen molar-refractivity contribution in [2.75, 3.05) is 30.5 Å². The monoisotopic (exact) mass is 475 g/mol. The molecule has 0 aliphatic carbocycles. The van der Waals surface area contributed by atoms with Gasteiger partial charge >= 0.3 is 0 Å². The lowest BCUT2D eigenvalue weighted by Crippen LogP contribution is -2.44. The second kappa shape index (κ2) is 9.13. The van der Waals surface area contributed by atoms with Crippen molar-refractivity contribution in [2.24, 2.45) is 0 Å². The maximum atomic E-state index is 12.9. The third-order valence-electron chi connectivity index (χ3n) is 4.72. The number of amides is 2. The van der Waals surface area contributed by atoms with E-state index in [0.717, 1.165) is 11.0 Å². The molecule has 11 heteroatoms. The van der Waals surface area contributed by atoms with Crippen LogP contribution in [0.1, 0.15) is 16.8 Å². The molecular formula is C21H21N3O6S2. The highest BCUT2D eigenvalue weighted by molar-refractivity contribution is 7.90. The van der Waals surface area contributed by atoms with E-state index in [2.05, 4.69) is 15.6 Å². The van der Waals surface area contributed by atoms with Crippen molar-refractivity contribution in [3.05, 3.63) is 48.0 Å². The summed E-state index contributed by atoms with van der Waals surface area (Å²) in [6.07, 6.45) is 1.02. The summed E-state index contributed by atoms with van der Waals surface area (Å²) in [7, 11) is -3.33. The lowest BCUT2D eigenvalue weighted by molar-refractivity contribution is -0.118. The molecule has 0 saturated heterocycles. The van der Waals surface area contributed by atoms with Crippen molar-refractivity contribution in [1.29, 1.82) is 0 Å². The number of sulfone groups is 1. The average Bonchev–Trinajstić information content (AvgIpc) is 3.15. The van der Waals surface area contributed by atoms with Crippen LogP contribution >= 0.6 is 11.3 Å². The Bertz CT molecular complexity index is 1210. The van der Waals surface area contributed by atoms with E-state index in [9.17, 15) is 18.0 Å². The molecule has 0 radical (unpaired) electrons. The van der Waals surface area contributed by atoms with Crippen molar-refractivity contribution in [3.8, 4) is 11.5 Å². The van der Waals surface area contributed by atoms with E-state index in [0.29, 0.717) is 40.9 Å². The summed E-state index contributed by atoms with van der Waals surface area (Å²) in [5.41, 5.74) is 1.01. The SMILES string of the molecule is CS(=O)(=O)CCC(NC(=O)c1ccccc1)C(=O)Nc1nc2cc3c(cc2s1)OCCO3. The van der Waals surface area contributed by atoms with Gasteiger partial charge in [-0.15, -0.1) is 0 Å². The van der Waals surface area contributed by atoms with Crippen molar-refractivity contribution in [1.82, 2.24) is 10.3 Å². The Morgan fingerprint density at radius 3 is 2.50 bits per heavy atom. The lowest BCUT2D eigenvalue weighted by atomic mass is 10.1. The van der Waals surface area contributed by atoms with E-state index in [1.165, 1.54) is 11.3 Å². The van der Waals surface area contributed by atoms with Gasteiger partial charge in [0.15, 0.2) is 16.6 Å². The molecule has 2 aromatic carbocycles. The third-order valence-corrected chi connectivity index (χ3v) is 6.63. The Kier molecular flexibility index (Phi) is 6.28. The fraction of sp³-hybridized carbons (Fsp3) is 0.286. The highest BCUT2D eigenvalue weighted by Gasteiger charge is 2.24. The van der Waals surface area contributed by atoms with E-state index >= 15 is 0 Å². The number of hydrogen-bond acceptors (Lipinski definition) is 8. The summed E-state index contributed by atoms with van der Waals surface area (Å²) >= 11 is 1.25. The summed E-state index contributed by atoms with van der Waals surface area (Å²) in [5.74, 6) is -0.0548. The summed E-state index contributed by atoms with van der Waals surface area (Å²) in [4.78, 5) is 29.9. The summed E-state index contributed by atoms with van der Waals surface area (Å²) in [5, 5.41) is 5.64. The van der Waals surface area contributed by atoms with Gasteiger partial charge in [0.1, 0.15) is 29.1 Å². The molecule has 0 saturated carbocycles. The van der Waals surface area contributed by atoms with Gasteiger partial charge < -0.3 is 20.1 Å². The normalized spacial score (nSPS) is 14.0. The number of nitrogens with one attached hydrogen (secondary N) is 2. The van der Waals surface area contributed by atoms with Crippen LogP contribution in [0.4, 0.5) is 5.13 Å². The highest BCUT2D eigenvalue weighted by atomic mass is 32.2. The molecule has 1 aliphatic rings. The van der Waals surface area contributed by atoms with Gasteiger partial charge in [-0.05, 0) is 18.6 Å². The molecule has 2 N–H and O–H groups in total. The molecule has 0 fully saturated rings. The van der Waals surface area contributed by atoms with Crippen LogP contribution in [-0.4, -0.2) is 56.5 Å². The van der Waals surface area contributed by atoms with E-state index < -0.39 is 27.7 Å². The zero-order chi connectivity index (χ0) is 22.7. The first-order chi connectivity index (χ1) is 15.3. The Morgan fingerprint density at radius 2 is 1.81 bits per heavy atom. The summed E-state index contributed by atoms with van der Waals surface area (Å²) in [6.45, 7) is 0.916. The van der Waals surface area contributed by atoms with Gasteiger partial charge in [-0.25, -0.2) is 13.4 Å². The van der Waals surface area contributed by atoms with Crippen LogP contribution in [0.3, 0.4) is 0 Å². The van der Waals surface area contributed by atoms with E-state index in [-0.39, 0.29) is 12.2 Å². The molecule has 2 heterocycles. The minimum atomic E-state index is -3.33. The number of aromatic nitrogens is 1. The second-order valence-electron chi connectivity index (χ2n) is 7.28. The molecule has 32 heavy (non-hydrogen) atoms. The fourth-order valence-corrected chi connectivity index (χ4v) is 4.69. The number of carbonyl (C=O) groups excluding carboxylic acids is 2. The Balaban J connectivity index is 1.52. The molecule has 2 amide bonds. The van der Waals surface area contributed by atoms with Gasteiger partial charge in [0.05, 0.1) is 16.0 Å². The average molecular weight is 476 g/mol. The predicted molar refractivity (Wildman–Crippen MR) is 121 cm³/mol. The molecule has 3 aromatic rings. The largest absolute Gasteiger partial charge is 0.486 e. The van der Waals surface area contributed by atoms with Gasteiger partial charge in [-0.2, -0.15) is 0 Å². The van der Waals surface area contributed by atoms with Gasteiger partial charge in [0, 0.05) is 24.0 Å². The first-order valence-electron chi connectivity index (χ1n) is 9.83. The summed E-state index contributed by atoms with van der Waals surface area (Å²) < 4.78 is 35.2. The topological polar surface area (TPSA) is 124 Å². The van der Waals surface area contributed by atoms with Crippen LogP contribution in [0, 0.1) is 0 Å². The Hall–Kier alpha value is -3.18.